The number of nitrogens with zero attached hydrogens (tertiary/aromatic N) is 1. The molecule has 0 radical (unpaired) electrons. The molecule has 0 N–H and O–H groups in total. The van der Waals surface area contributed by atoms with Crippen molar-refractivity contribution in [3.05, 3.63) is 22.1 Å². The van der Waals surface area contributed by atoms with E-state index in [1.165, 1.54) is 17.0 Å². The molecule has 0 aromatic heterocycles. The van der Waals surface area contributed by atoms with Crippen molar-refractivity contribution < 1.29 is 0 Å². The maximum atomic E-state index is 4.41. The van der Waals surface area contributed by atoms with E-state index in [2.05, 4.69) is 30.3 Å². The Morgan fingerprint density at radius 2 is 2.33 bits per heavy atom. The van der Waals surface area contributed by atoms with Gasteiger partial charge in [-0.1, -0.05) is 31.7 Å². The van der Waals surface area contributed by atoms with E-state index in [1.807, 2.05) is 6.21 Å². The Hall–Kier alpha value is -0.500. The minimum absolute atomic E-state index is 0.234. The number of allylic oxidation sites excluding steroid dienone is 2. The highest BCUT2D eigenvalue weighted by Crippen LogP contribution is 2.43. The lowest BCUT2D eigenvalue weighted by Crippen LogP contribution is -2.16. The molecule has 0 atom stereocenters. The quantitative estimate of drug-likeness (QED) is 0.555. The fraction of sp³-hybridized carbons (Fsp3) is 0.500. The molecule has 2 heterocycles. The van der Waals surface area contributed by atoms with E-state index < -0.39 is 0 Å². The first-order valence-electron chi connectivity index (χ1n) is 4.31. The molecule has 2 rings (SSSR count). The van der Waals surface area contributed by atoms with Gasteiger partial charge in [-0.15, -0.1) is 0 Å². The highest BCUT2D eigenvalue weighted by Gasteiger charge is 2.27. The Labute approximate surface area is 77.7 Å². The van der Waals surface area contributed by atoms with Gasteiger partial charge < -0.3 is 0 Å². The van der Waals surface area contributed by atoms with E-state index in [-0.39, 0.29) is 5.41 Å². The van der Waals surface area contributed by atoms with Gasteiger partial charge in [0.25, 0.3) is 0 Å². The Balaban J connectivity index is 2.41. The van der Waals surface area contributed by atoms with Crippen molar-refractivity contribution in [1.29, 1.82) is 0 Å². The normalized spacial score (nSPS) is 25.8. The Bertz CT molecular complexity index is 284. The molecule has 0 fully saturated rings. The molecule has 1 nitrogen and oxygen atoms in total. The van der Waals surface area contributed by atoms with Crippen LogP contribution in [0.1, 0.15) is 26.7 Å². The Morgan fingerprint density at radius 3 is 3.08 bits per heavy atom. The first-order valence-corrected chi connectivity index (χ1v) is 5.19. The summed E-state index contributed by atoms with van der Waals surface area (Å²) in [5, 5.41) is 3.38. The van der Waals surface area contributed by atoms with Crippen molar-refractivity contribution in [1.82, 2.24) is 0 Å². The molecule has 2 aliphatic rings. The van der Waals surface area contributed by atoms with E-state index in [9.17, 15) is 0 Å². The summed E-state index contributed by atoms with van der Waals surface area (Å²) in [6.07, 6.45) is 6.60. The van der Waals surface area contributed by atoms with E-state index in [4.69, 9.17) is 0 Å². The third-order valence-electron chi connectivity index (χ3n) is 2.43. The summed E-state index contributed by atoms with van der Waals surface area (Å²) in [4.78, 5) is 4.41. The van der Waals surface area contributed by atoms with Gasteiger partial charge in [0.05, 0.1) is 5.03 Å². The fourth-order valence-corrected chi connectivity index (χ4v) is 2.79. The molecule has 64 valence electrons. The second kappa shape index (κ2) is 2.77. The largest absolute Gasteiger partial charge is 0.254 e. The molecule has 0 aromatic carbocycles. The number of thioether (sulfide) groups is 1. The summed E-state index contributed by atoms with van der Waals surface area (Å²) in [7, 11) is 0. The first kappa shape index (κ1) is 8.11. The van der Waals surface area contributed by atoms with Crippen LogP contribution in [0.2, 0.25) is 0 Å². The van der Waals surface area contributed by atoms with E-state index in [1.54, 1.807) is 11.8 Å². The third kappa shape index (κ3) is 1.24. The van der Waals surface area contributed by atoms with Gasteiger partial charge in [-0.25, -0.2) is 0 Å². The second-order valence-electron chi connectivity index (χ2n) is 3.78. The standard InChI is InChI=1S/C10H13NS/c1-10(2)5-7-12-9-8(10)4-3-6-11-9/h5-7H,3-4H2,1-2H3. The van der Waals surface area contributed by atoms with Crippen LogP contribution >= 0.6 is 11.8 Å². The van der Waals surface area contributed by atoms with Gasteiger partial charge in [0.2, 0.25) is 0 Å². The van der Waals surface area contributed by atoms with Crippen molar-refractivity contribution in [2.45, 2.75) is 26.7 Å². The third-order valence-corrected chi connectivity index (χ3v) is 3.28. The minimum atomic E-state index is 0.234. The van der Waals surface area contributed by atoms with Gasteiger partial charge in [0, 0.05) is 11.6 Å². The summed E-state index contributed by atoms with van der Waals surface area (Å²) < 4.78 is 0. The molecule has 12 heavy (non-hydrogen) atoms. The number of hydrogen-bond donors (Lipinski definition) is 0. The molecule has 2 aliphatic heterocycles. The molecule has 2 heteroatoms. The zero-order chi connectivity index (χ0) is 8.60. The van der Waals surface area contributed by atoms with Crippen molar-refractivity contribution in [2.24, 2.45) is 10.4 Å². The number of hydrogen-bond acceptors (Lipinski definition) is 2. The van der Waals surface area contributed by atoms with Crippen molar-refractivity contribution in [2.75, 3.05) is 0 Å². The monoisotopic (exact) mass is 179 g/mol. The predicted octanol–water partition coefficient (Wildman–Crippen LogP) is 3.35. The average molecular weight is 179 g/mol. The summed E-state index contributed by atoms with van der Waals surface area (Å²) in [6.45, 7) is 4.53. The van der Waals surface area contributed by atoms with Gasteiger partial charge in [0.15, 0.2) is 0 Å². The van der Waals surface area contributed by atoms with Crippen LogP contribution < -0.4 is 0 Å². The maximum absolute atomic E-state index is 4.41. The Kier molecular flexibility index (Phi) is 1.87. The summed E-state index contributed by atoms with van der Waals surface area (Å²) >= 11 is 1.75. The summed E-state index contributed by atoms with van der Waals surface area (Å²) in [5.41, 5.74) is 1.75. The van der Waals surface area contributed by atoms with Crippen molar-refractivity contribution in [3.8, 4) is 0 Å². The van der Waals surface area contributed by atoms with Crippen LogP contribution in [0.25, 0.3) is 0 Å². The molecular formula is C10H13NS. The topological polar surface area (TPSA) is 12.4 Å². The zero-order valence-electron chi connectivity index (χ0n) is 7.50. The number of rotatable bonds is 0. The second-order valence-corrected chi connectivity index (χ2v) is 4.67. The average Bonchev–Trinajstić information content (AvgIpc) is 2.04. The molecular weight excluding hydrogens is 166 g/mol. The summed E-state index contributed by atoms with van der Waals surface area (Å²) in [6, 6.07) is 0. The van der Waals surface area contributed by atoms with E-state index in [0.717, 1.165) is 6.42 Å². The highest BCUT2D eigenvalue weighted by molar-refractivity contribution is 8.05. The van der Waals surface area contributed by atoms with Crippen LogP contribution in [0.15, 0.2) is 27.1 Å². The van der Waals surface area contributed by atoms with Crippen LogP contribution in [0, 0.1) is 5.41 Å². The Morgan fingerprint density at radius 1 is 1.50 bits per heavy atom. The van der Waals surface area contributed by atoms with E-state index in [0.29, 0.717) is 0 Å². The van der Waals surface area contributed by atoms with E-state index >= 15 is 0 Å². The predicted molar refractivity (Wildman–Crippen MR) is 55.3 cm³/mol. The first-order chi connectivity index (χ1) is 5.70. The number of aliphatic imine (C=N–C) groups is 1. The molecule has 0 aromatic rings. The van der Waals surface area contributed by atoms with Crippen LogP contribution in [-0.2, 0) is 0 Å². The molecule has 0 saturated heterocycles. The van der Waals surface area contributed by atoms with Crippen LogP contribution in [0.3, 0.4) is 0 Å². The molecule has 0 saturated carbocycles. The van der Waals surface area contributed by atoms with Gasteiger partial charge in [0.1, 0.15) is 0 Å². The van der Waals surface area contributed by atoms with Crippen molar-refractivity contribution in [3.63, 3.8) is 0 Å². The SMILES string of the molecule is CC1(C)C=CSC2=C1CCC=N2. The molecule has 0 amide bonds. The maximum Gasteiger partial charge on any atom is 0.0998 e. The smallest absolute Gasteiger partial charge is 0.0998 e. The molecule has 0 bridgehead atoms. The van der Waals surface area contributed by atoms with Crippen molar-refractivity contribution >= 4 is 18.0 Å². The lowest BCUT2D eigenvalue weighted by Gasteiger charge is -2.30. The zero-order valence-corrected chi connectivity index (χ0v) is 8.32. The summed E-state index contributed by atoms with van der Waals surface area (Å²) in [5.74, 6) is 0. The van der Waals surface area contributed by atoms with Crippen LogP contribution in [-0.4, -0.2) is 6.21 Å². The lowest BCUT2D eigenvalue weighted by molar-refractivity contribution is 0.548. The fourth-order valence-electron chi connectivity index (χ4n) is 1.61. The van der Waals surface area contributed by atoms with Gasteiger partial charge in [-0.05, 0) is 23.8 Å². The van der Waals surface area contributed by atoms with Gasteiger partial charge in [-0.3, -0.25) is 4.99 Å². The molecule has 0 spiro atoms. The highest BCUT2D eigenvalue weighted by atomic mass is 32.2. The van der Waals surface area contributed by atoms with Crippen LogP contribution in [0.5, 0.6) is 0 Å². The van der Waals surface area contributed by atoms with Gasteiger partial charge >= 0.3 is 0 Å². The van der Waals surface area contributed by atoms with Crippen LogP contribution in [0.4, 0.5) is 0 Å². The molecule has 0 unspecified atom stereocenters. The minimum Gasteiger partial charge on any atom is -0.254 e. The molecule has 0 aliphatic carbocycles. The lowest BCUT2D eigenvalue weighted by atomic mass is 9.81. The van der Waals surface area contributed by atoms with Gasteiger partial charge in [-0.2, -0.15) is 0 Å².